The topological polar surface area (TPSA) is 68.8 Å². The molecule has 0 heterocycles. The number of carbonyl (C=O) groups is 1. The molecule has 1 unspecified atom stereocenters. The van der Waals surface area contributed by atoms with Crippen LogP contribution < -0.4 is 16.0 Å². The van der Waals surface area contributed by atoms with Crippen molar-refractivity contribution in [3.63, 3.8) is 0 Å². The number of benzene rings is 2. The van der Waals surface area contributed by atoms with Gasteiger partial charge in [-0.25, -0.2) is 0 Å². The van der Waals surface area contributed by atoms with E-state index in [0.717, 1.165) is 31.2 Å². The molecule has 0 aromatic heterocycles. The van der Waals surface area contributed by atoms with E-state index in [1.54, 1.807) is 14.1 Å². The van der Waals surface area contributed by atoms with Gasteiger partial charge in [-0.3, -0.25) is 14.7 Å². The highest BCUT2D eigenvalue weighted by molar-refractivity contribution is 5.94. The lowest BCUT2D eigenvalue weighted by molar-refractivity contribution is 0.0963. The van der Waals surface area contributed by atoms with Crippen LogP contribution in [-0.2, 0) is 6.54 Å². The molecule has 6 nitrogen and oxygen atoms in total. The van der Waals surface area contributed by atoms with Crippen molar-refractivity contribution in [1.82, 2.24) is 20.9 Å². The Hall–Kier alpha value is -2.86. The summed E-state index contributed by atoms with van der Waals surface area (Å²) in [4.78, 5) is 18.6. The number of hydrogen-bond donors (Lipinski definition) is 3. The zero-order chi connectivity index (χ0) is 21.1. The van der Waals surface area contributed by atoms with E-state index in [0.29, 0.717) is 12.1 Å². The van der Waals surface area contributed by atoms with Crippen LogP contribution in [0.3, 0.4) is 0 Å². The first-order valence-corrected chi connectivity index (χ1v) is 10.2. The molecule has 2 aromatic rings. The molecule has 1 amide bonds. The monoisotopic (exact) mass is 395 g/mol. The number of nitrogens with one attached hydrogen (secondary N) is 3. The SMILES string of the molecule is CCN(CC)C(CNC(=NC)NCc1cccc(C(=O)NC)c1)c1ccccc1. The van der Waals surface area contributed by atoms with Crippen molar-refractivity contribution in [2.24, 2.45) is 4.99 Å². The largest absolute Gasteiger partial charge is 0.355 e. The van der Waals surface area contributed by atoms with Gasteiger partial charge in [0.25, 0.3) is 5.91 Å². The van der Waals surface area contributed by atoms with Crippen LogP contribution in [0.4, 0.5) is 0 Å². The fraction of sp³-hybridized carbons (Fsp3) is 0.391. The summed E-state index contributed by atoms with van der Waals surface area (Å²) in [5, 5.41) is 9.45. The van der Waals surface area contributed by atoms with Crippen molar-refractivity contribution in [3.8, 4) is 0 Å². The molecule has 0 aliphatic carbocycles. The van der Waals surface area contributed by atoms with Gasteiger partial charge in [0.15, 0.2) is 5.96 Å². The number of guanidine groups is 1. The second-order valence-corrected chi connectivity index (χ2v) is 6.73. The first kappa shape index (κ1) is 22.4. The summed E-state index contributed by atoms with van der Waals surface area (Å²) >= 11 is 0. The van der Waals surface area contributed by atoms with E-state index in [1.165, 1.54) is 5.56 Å². The highest BCUT2D eigenvalue weighted by Crippen LogP contribution is 2.19. The van der Waals surface area contributed by atoms with Gasteiger partial charge in [0.2, 0.25) is 0 Å². The fourth-order valence-electron chi connectivity index (χ4n) is 3.36. The van der Waals surface area contributed by atoms with E-state index in [9.17, 15) is 4.79 Å². The predicted molar refractivity (Wildman–Crippen MR) is 120 cm³/mol. The second-order valence-electron chi connectivity index (χ2n) is 6.73. The summed E-state index contributed by atoms with van der Waals surface area (Å²) in [7, 11) is 3.41. The highest BCUT2D eigenvalue weighted by Gasteiger charge is 2.18. The van der Waals surface area contributed by atoms with Gasteiger partial charge in [-0.1, -0.05) is 56.3 Å². The van der Waals surface area contributed by atoms with Crippen molar-refractivity contribution in [3.05, 3.63) is 71.3 Å². The van der Waals surface area contributed by atoms with Crippen LogP contribution in [0.2, 0.25) is 0 Å². The van der Waals surface area contributed by atoms with Gasteiger partial charge >= 0.3 is 0 Å². The molecular weight excluding hydrogens is 362 g/mol. The molecule has 0 aliphatic rings. The molecule has 156 valence electrons. The van der Waals surface area contributed by atoms with Crippen LogP contribution >= 0.6 is 0 Å². The molecule has 0 spiro atoms. The second kappa shape index (κ2) is 11.9. The number of carbonyl (C=O) groups excluding carboxylic acids is 1. The Balaban J connectivity index is 2.00. The first-order chi connectivity index (χ1) is 14.1. The van der Waals surface area contributed by atoms with Crippen molar-refractivity contribution in [2.75, 3.05) is 33.7 Å². The Morgan fingerprint density at radius 2 is 1.76 bits per heavy atom. The number of nitrogens with zero attached hydrogens (tertiary/aromatic N) is 2. The molecule has 2 aromatic carbocycles. The molecule has 0 bridgehead atoms. The number of amides is 1. The first-order valence-electron chi connectivity index (χ1n) is 10.2. The molecule has 3 N–H and O–H groups in total. The Labute approximate surface area is 174 Å². The lowest BCUT2D eigenvalue weighted by atomic mass is 10.1. The minimum atomic E-state index is -0.0840. The lowest BCUT2D eigenvalue weighted by Gasteiger charge is -2.30. The number of aliphatic imine (C=N–C) groups is 1. The number of hydrogen-bond acceptors (Lipinski definition) is 3. The summed E-state index contributed by atoms with van der Waals surface area (Å²) in [6, 6.07) is 18.4. The third-order valence-corrected chi connectivity index (χ3v) is 5.00. The molecule has 2 rings (SSSR count). The van der Waals surface area contributed by atoms with E-state index in [-0.39, 0.29) is 11.9 Å². The Bertz CT molecular complexity index is 787. The van der Waals surface area contributed by atoms with Crippen LogP contribution in [0, 0.1) is 0 Å². The zero-order valence-corrected chi connectivity index (χ0v) is 17.9. The molecule has 0 saturated heterocycles. The highest BCUT2D eigenvalue weighted by atomic mass is 16.1. The maximum absolute atomic E-state index is 11.8. The maximum atomic E-state index is 11.8. The smallest absolute Gasteiger partial charge is 0.251 e. The van der Waals surface area contributed by atoms with Gasteiger partial charge < -0.3 is 16.0 Å². The molecule has 0 radical (unpaired) electrons. The molecule has 6 heteroatoms. The average molecular weight is 396 g/mol. The summed E-state index contributed by atoms with van der Waals surface area (Å²) in [6.07, 6.45) is 0. The van der Waals surface area contributed by atoms with E-state index >= 15 is 0 Å². The van der Waals surface area contributed by atoms with Crippen LogP contribution in [-0.4, -0.2) is 50.5 Å². The minimum Gasteiger partial charge on any atom is -0.355 e. The zero-order valence-electron chi connectivity index (χ0n) is 17.9. The van der Waals surface area contributed by atoms with Gasteiger partial charge in [-0.05, 0) is 36.3 Å². The van der Waals surface area contributed by atoms with Crippen LogP contribution in [0.1, 0.15) is 41.4 Å². The molecule has 29 heavy (non-hydrogen) atoms. The molecule has 0 aliphatic heterocycles. The van der Waals surface area contributed by atoms with E-state index in [2.05, 4.69) is 64.0 Å². The average Bonchev–Trinajstić information content (AvgIpc) is 2.78. The normalized spacial score (nSPS) is 12.5. The quantitative estimate of drug-likeness (QED) is 0.451. The van der Waals surface area contributed by atoms with E-state index < -0.39 is 0 Å². The molecular formula is C23H33N5O. The van der Waals surface area contributed by atoms with Crippen molar-refractivity contribution < 1.29 is 4.79 Å². The van der Waals surface area contributed by atoms with Crippen LogP contribution in [0.5, 0.6) is 0 Å². The van der Waals surface area contributed by atoms with E-state index in [1.807, 2.05) is 30.3 Å². The third-order valence-electron chi connectivity index (χ3n) is 5.00. The van der Waals surface area contributed by atoms with Crippen LogP contribution in [0.25, 0.3) is 0 Å². The Morgan fingerprint density at radius 3 is 2.38 bits per heavy atom. The van der Waals surface area contributed by atoms with Crippen LogP contribution in [0.15, 0.2) is 59.6 Å². The standard InChI is InChI=1S/C23H33N5O/c1-5-28(6-2)21(19-12-8-7-9-13-19)17-27-23(25-4)26-16-18-11-10-14-20(15-18)22(29)24-3/h7-15,21H,5-6,16-17H2,1-4H3,(H,24,29)(H2,25,26,27). The lowest BCUT2D eigenvalue weighted by Crippen LogP contribution is -2.43. The minimum absolute atomic E-state index is 0.0840. The van der Waals surface area contributed by atoms with Gasteiger partial charge in [-0.15, -0.1) is 0 Å². The molecule has 0 saturated carbocycles. The Morgan fingerprint density at radius 1 is 1.03 bits per heavy atom. The summed E-state index contributed by atoms with van der Waals surface area (Å²) in [6.45, 7) is 7.68. The predicted octanol–water partition coefficient (Wildman–Crippen LogP) is 2.79. The van der Waals surface area contributed by atoms with Gasteiger partial charge in [-0.2, -0.15) is 0 Å². The molecule has 1 atom stereocenters. The van der Waals surface area contributed by atoms with Crippen molar-refractivity contribution in [2.45, 2.75) is 26.4 Å². The van der Waals surface area contributed by atoms with Gasteiger partial charge in [0, 0.05) is 32.7 Å². The van der Waals surface area contributed by atoms with Crippen molar-refractivity contribution >= 4 is 11.9 Å². The molecule has 0 fully saturated rings. The Kier molecular flexibility index (Phi) is 9.18. The van der Waals surface area contributed by atoms with Crippen molar-refractivity contribution in [1.29, 1.82) is 0 Å². The number of rotatable bonds is 9. The fourth-order valence-corrected chi connectivity index (χ4v) is 3.36. The number of likely N-dealkylation sites (N-methyl/N-ethyl adjacent to an activating group) is 1. The van der Waals surface area contributed by atoms with Gasteiger partial charge in [0.05, 0.1) is 6.04 Å². The van der Waals surface area contributed by atoms with Gasteiger partial charge in [0.1, 0.15) is 0 Å². The summed E-state index contributed by atoms with van der Waals surface area (Å²) in [5.41, 5.74) is 2.97. The summed E-state index contributed by atoms with van der Waals surface area (Å²) in [5.74, 6) is 0.655. The van der Waals surface area contributed by atoms with E-state index in [4.69, 9.17) is 0 Å². The third kappa shape index (κ3) is 6.61. The maximum Gasteiger partial charge on any atom is 0.251 e. The summed E-state index contributed by atoms with van der Waals surface area (Å²) < 4.78 is 0.